The molecule has 9 nitrogen and oxygen atoms in total. The SMILES string of the molecule is N#CB1CCN(CC2CN(c3ccc4c(c3)C(=O)N(C3CCC(=O)NC3=O)C4=O)C2)CC1. The predicted octanol–water partition coefficient (Wildman–Crippen LogP) is 0.397. The number of nitrogens with one attached hydrogen (secondary N) is 1. The number of carbonyl (C=O) groups excluding carboxylic acids is 4. The molecule has 1 atom stereocenters. The van der Waals surface area contributed by atoms with Gasteiger partial charge < -0.3 is 9.80 Å². The van der Waals surface area contributed by atoms with Crippen molar-refractivity contribution in [2.45, 2.75) is 31.5 Å². The van der Waals surface area contributed by atoms with Gasteiger partial charge in [0.15, 0.2) is 0 Å². The van der Waals surface area contributed by atoms with Crippen LogP contribution < -0.4 is 10.2 Å². The molecule has 3 fully saturated rings. The third-order valence-corrected chi connectivity index (χ3v) is 7.03. The van der Waals surface area contributed by atoms with Crippen molar-refractivity contribution in [2.75, 3.05) is 37.6 Å². The van der Waals surface area contributed by atoms with E-state index >= 15 is 0 Å². The molecular weight excluding hydrogens is 409 g/mol. The summed E-state index contributed by atoms with van der Waals surface area (Å²) >= 11 is 0. The molecule has 1 unspecified atom stereocenters. The molecule has 0 spiro atoms. The van der Waals surface area contributed by atoms with E-state index < -0.39 is 23.8 Å². The first-order valence-corrected chi connectivity index (χ1v) is 11.2. The lowest BCUT2D eigenvalue weighted by Crippen LogP contribution is -2.54. The van der Waals surface area contributed by atoms with Crippen molar-refractivity contribution in [3.8, 4) is 5.97 Å². The zero-order valence-corrected chi connectivity index (χ0v) is 17.7. The van der Waals surface area contributed by atoms with Crippen LogP contribution in [0.1, 0.15) is 33.6 Å². The van der Waals surface area contributed by atoms with E-state index in [1.54, 1.807) is 12.1 Å². The largest absolute Gasteiger partial charge is 0.371 e. The lowest BCUT2D eigenvalue weighted by atomic mass is 9.45. The Kier molecular flexibility index (Phi) is 5.21. The van der Waals surface area contributed by atoms with Gasteiger partial charge in [0.1, 0.15) is 6.04 Å². The maximum Gasteiger partial charge on any atom is 0.270 e. The monoisotopic (exact) mass is 433 g/mol. The molecule has 0 saturated carbocycles. The molecule has 4 heterocycles. The van der Waals surface area contributed by atoms with Gasteiger partial charge >= 0.3 is 0 Å². The van der Waals surface area contributed by atoms with Crippen LogP contribution >= 0.6 is 0 Å². The number of imide groups is 2. The minimum atomic E-state index is -0.942. The van der Waals surface area contributed by atoms with E-state index in [0.717, 1.165) is 56.0 Å². The fraction of sp³-hybridized carbons (Fsp3) is 0.500. The first-order valence-electron chi connectivity index (χ1n) is 11.2. The number of hydrogen-bond donors (Lipinski definition) is 1. The van der Waals surface area contributed by atoms with Crippen LogP contribution in [0, 0.1) is 17.1 Å². The quantitative estimate of drug-likeness (QED) is 0.540. The van der Waals surface area contributed by atoms with Crippen LogP contribution in [0.15, 0.2) is 18.2 Å². The predicted molar refractivity (Wildman–Crippen MR) is 116 cm³/mol. The molecule has 5 rings (SSSR count). The second kappa shape index (κ2) is 8.06. The molecular formula is C22H24BN5O4. The summed E-state index contributed by atoms with van der Waals surface area (Å²) in [7, 11) is 0. The normalized spacial score (nSPS) is 24.3. The van der Waals surface area contributed by atoms with Gasteiger partial charge in [-0.15, -0.1) is 0 Å². The summed E-state index contributed by atoms with van der Waals surface area (Å²) in [6.07, 6.45) is 2.15. The van der Waals surface area contributed by atoms with Crippen LogP contribution in [0.25, 0.3) is 0 Å². The van der Waals surface area contributed by atoms with E-state index in [-0.39, 0.29) is 25.5 Å². The Bertz CT molecular complexity index is 1040. The molecule has 1 aromatic rings. The highest BCUT2D eigenvalue weighted by Crippen LogP contribution is 2.33. The van der Waals surface area contributed by atoms with Gasteiger partial charge in [-0.1, -0.05) is 0 Å². The third-order valence-electron chi connectivity index (χ3n) is 7.03. The number of nitrogens with zero attached hydrogens (tertiary/aromatic N) is 4. The van der Waals surface area contributed by atoms with Gasteiger partial charge in [-0.05, 0) is 50.3 Å². The lowest BCUT2D eigenvalue weighted by Gasteiger charge is -2.44. The fourth-order valence-electron chi connectivity index (χ4n) is 5.16. The molecule has 164 valence electrons. The van der Waals surface area contributed by atoms with Crippen LogP contribution in [0.2, 0.25) is 12.6 Å². The first-order chi connectivity index (χ1) is 15.4. The molecule has 0 bridgehead atoms. The van der Waals surface area contributed by atoms with E-state index in [2.05, 4.69) is 21.1 Å². The lowest BCUT2D eigenvalue weighted by molar-refractivity contribution is -0.136. The maximum absolute atomic E-state index is 13.0. The summed E-state index contributed by atoms with van der Waals surface area (Å²) in [4.78, 5) is 55.0. The molecule has 1 N–H and O–H groups in total. The van der Waals surface area contributed by atoms with Crippen LogP contribution in [0.3, 0.4) is 0 Å². The number of anilines is 1. The van der Waals surface area contributed by atoms with Crippen molar-refractivity contribution in [3.05, 3.63) is 29.3 Å². The van der Waals surface area contributed by atoms with Gasteiger partial charge in [-0.2, -0.15) is 0 Å². The molecule has 3 saturated heterocycles. The van der Waals surface area contributed by atoms with Crippen molar-refractivity contribution < 1.29 is 19.2 Å². The average molecular weight is 433 g/mol. The van der Waals surface area contributed by atoms with Crippen molar-refractivity contribution in [2.24, 2.45) is 5.92 Å². The van der Waals surface area contributed by atoms with E-state index in [4.69, 9.17) is 5.26 Å². The van der Waals surface area contributed by atoms with Crippen LogP contribution in [-0.2, 0) is 9.59 Å². The van der Waals surface area contributed by atoms with Crippen LogP contribution in [0.5, 0.6) is 0 Å². The number of benzene rings is 1. The second-order valence-electron chi connectivity index (χ2n) is 9.15. The number of piperidine rings is 1. The first kappa shape index (κ1) is 20.7. The van der Waals surface area contributed by atoms with E-state index in [9.17, 15) is 19.2 Å². The van der Waals surface area contributed by atoms with Gasteiger partial charge in [-0.3, -0.25) is 29.4 Å². The van der Waals surface area contributed by atoms with Crippen molar-refractivity contribution >= 4 is 36.0 Å². The Hall–Kier alpha value is -3.19. The van der Waals surface area contributed by atoms with Crippen molar-refractivity contribution in [1.82, 2.24) is 15.1 Å². The Morgan fingerprint density at radius 1 is 1.06 bits per heavy atom. The average Bonchev–Trinajstić information content (AvgIpc) is 3.01. The van der Waals surface area contributed by atoms with Gasteiger partial charge in [-0.25, -0.2) is 5.26 Å². The van der Waals surface area contributed by atoms with Crippen LogP contribution in [-0.4, -0.2) is 78.9 Å². The molecule has 4 aliphatic heterocycles. The zero-order chi connectivity index (χ0) is 22.4. The molecule has 10 heteroatoms. The number of carbonyl (C=O) groups is 4. The zero-order valence-electron chi connectivity index (χ0n) is 17.7. The Morgan fingerprint density at radius 2 is 1.78 bits per heavy atom. The van der Waals surface area contributed by atoms with E-state index in [1.165, 1.54) is 0 Å². The molecule has 0 radical (unpaired) electrons. The Morgan fingerprint density at radius 3 is 2.47 bits per heavy atom. The Labute approximate surface area is 186 Å². The molecule has 32 heavy (non-hydrogen) atoms. The Balaban J connectivity index is 1.22. The molecule has 0 aromatic heterocycles. The number of hydrogen-bond acceptors (Lipinski definition) is 7. The van der Waals surface area contributed by atoms with Gasteiger partial charge in [0.25, 0.3) is 18.5 Å². The van der Waals surface area contributed by atoms with Gasteiger partial charge in [0, 0.05) is 43.6 Å². The van der Waals surface area contributed by atoms with Crippen molar-refractivity contribution in [3.63, 3.8) is 0 Å². The minimum absolute atomic E-state index is 0.110. The molecule has 4 aliphatic rings. The second-order valence-corrected chi connectivity index (χ2v) is 9.15. The summed E-state index contributed by atoms with van der Waals surface area (Å²) in [5, 5.41) is 11.3. The highest BCUT2D eigenvalue weighted by atomic mass is 16.2. The number of rotatable bonds is 4. The smallest absolute Gasteiger partial charge is 0.270 e. The van der Waals surface area contributed by atoms with Crippen LogP contribution in [0.4, 0.5) is 5.69 Å². The fourth-order valence-corrected chi connectivity index (χ4v) is 5.16. The number of amides is 4. The summed E-state index contributed by atoms with van der Waals surface area (Å²) in [5.74, 6) is 0.973. The maximum atomic E-state index is 13.0. The molecule has 4 amide bonds. The number of fused-ring (bicyclic) bond motifs is 1. The van der Waals surface area contributed by atoms with Gasteiger partial charge in [0.2, 0.25) is 11.8 Å². The number of nitriles is 1. The highest BCUT2D eigenvalue weighted by Gasteiger charge is 2.45. The van der Waals surface area contributed by atoms with E-state index in [1.807, 2.05) is 6.07 Å². The van der Waals surface area contributed by atoms with E-state index in [0.29, 0.717) is 17.0 Å². The van der Waals surface area contributed by atoms with Gasteiger partial charge in [0.05, 0.1) is 11.1 Å². The standard InChI is InChI=1S/C22H24BN5O4/c24-13-23-5-7-26(8-6-23)10-14-11-27(12-14)15-1-2-16-17(9-15)22(32)28(21(16)31)18-3-4-19(29)25-20(18)30/h1-2,9,14,18H,3-8,10-12H2,(H,25,29,30). The van der Waals surface area contributed by atoms with Crippen molar-refractivity contribution in [1.29, 1.82) is 5.26 Å². The molecule has 0 aliphatic carbocycles. The topological polar surface area (TPSA) is 114 Å². The summed E-state index contributed by atoms with van der Waals surface area (Å²) in [6.45, 7) is 4.92. The minimum Gasteiger partial charge on any atom is -0.371 e. The summed E-state index contributed by atoms with van der Waals surface area (Å²) in [6, 6.07) is 4.32. The highest BCUT2D eigenvalue weighted by molar-refractivity contribution is 6.67. The third kappa shape index (κ3) is 3.56. The summed E-state index contributed by atoms with van der Waals surface area (Å²) in [5.41, 5.74) is 1.52. The summed E-state index contributed by atoms with van der Waals surface area (Å²) < 4.78 is 0. The molecule has 1 aromatic carbocycles.